The Morgan fingerprint density at radius 2 is 1.91 bits per heavy atom. The first-order chi connectivity index (χ1) is 10.4. The molecule has 1 amide bonds. The summed E-state index contributed by atoms with van der Waals surface area (Å²) in [6.07, 6.45) is 2.72. The van der Waals surface area contributed by atoms with Gasteiger partial charge in [0.2, 0.25) is 0 Å². The molecule has 4 heteroatoms. The van der Waals surface area contributed by atoms with Crippen molar-refractivity contribution in [3.8, 4) is 0 Å². The van der Waals surface area contributed by atoms with Crippen molar-refractivity contribution in [3.05, 3.63) is 35.9 Å². The van der Waals surface area contributed by atoms with Gasteiger partial charge in [-0.2, -0.15) is 0 Å². The maximum Gasteiger partial charge on any atom is 0.411 e. The van der Waals surface area contributed by atoms with E-state index >= 15 is 0 Å². The van der Waals surface area contributed by atoms with Gasteiger partial charge in [-0.1, -0.05) is 30.3 Å². The van der Waals surface area contributed by atoms with Crippen LogP contribution in [0.5, 0.6) is 0 Å². The molecule has 4 nitrogen and oxygen atoms in total. The van der Waals surface area contributed by atoms with E-state index in [-0.39, 0.29) is 6.09 Å². The van der Waals surface area contributed by atoms with Crippen molar-refractivity contribution in [1.29, 1.82) is 0 Å². The minimum absolute atomic E-state index is 0.256. The summed E-state index contributed by atoms with van der Waals surface area (Å²) in [7, 11) is 1.69. The topological polar surface area (TPSA) is 38.8 Å². The summed E-state index contributed by atoms with van der Waals surface area (Å²) in [6, 6.07) is 10.2. The van der Waals surface area contributed by atoms with Gasteiger partial charge in [0.05, 0.1) is 12.1 Å². The smallest absolute Gasteiger partial charge is 0.411 e. The SMILES string of the molecule is COC[C@@]1(c2ccccc2)CCCCN1C(=O)OC(C)(C)C. The second kappa shape index (κ2) is 6.69. The molecular weight excluding hydrogens is 278 g/mol. The Kier molecular flexibility index (Phi) is 5.12. The minimum atomic E-state index is -0.496. The lowest BCUT2D eigenvalue weighted by Gasteiger charge is -2.47. The van der Waals surface area contributed by atoms with Gasteiger partial charge in [0.1, 0.15) is 5.60 Å². The number of likely N-dealkylation sites (tertiary alicyclic amines) is 1. The molecule has 1 saturated heterocycles. The fraction of sp³-hybridized carbons (Fsp3) is 0.611. The van der Waals surface area contributed by atoms with E-state index in [9.17, 15) is 4.79 Å². The third-order valence-corrected chi connectivity index (χ3v) is 4.05. The van der Waals surface area contributed by atoms with Crippen LogP contribution in [0.25, 0.3) is 0 Å². The summed E-state index contributed by atoms with van der Waals surface area (Å²) < 4.78 is 11.1. The molecule has 0 saturated carbocycles. The highest BCUT2D eigenvalue weighted by atomic mass is 16.6. The molecule has 0 radical (unpaired) electrons. The zero-order valence-corrected chi connectivity index (χ0v) is 14.1. The van der Waals surface area contributed by atoms with E-state index < -0.39 is 11.1 Å². The Hall–Kier alpha value is -1.55. The highest BCUT2D eigenvalue weighted by Gasteiger charge is 2.44. The molecule has 0 aromatic heterocycles. The zero-order chi connectivity index (χ0) is 16.2. The fourth-order valence-corrected chi connectivity index (χ4v) is 3.14. The molecule has 0 bridgehead atoms. The van der Waals surface area contributed by atoms with Crippen LogP contribution in [0.3, 0.4) is 0 Å². The van der Waals surface area contributed by atoms with Crippen molar-refractivity contribution in [3.63, 3.8) is 0 Å². The van der Waals surface area contributed by atoms with Gasteiger partial charge >= 0.3 is 6.09 Å². The second-order valence-electron chi connectivity index (χ2n) is 6.92. The maximum absolute atomic E-state index is 12.7. The Labute approximate surface area is 133 Å². The Balaban J connectivity index is 2.37. The third kappa shape index (κ3) is 3.61. The molecule has 2 rings (SSSR count). The van der Waals surface area contributed by atoms with Gasteiger partial charge in [0.25, 0.3) is 0 Å². The maximum atomic E-state index is 12.7. The van der Waals surface area contributed by atoms with Crippen molar-refractivity contribution >= 4 is 6.09 Å². The molecule has 1 aliphatic rings. The van der Waals surface area contributed by atoms with Crippen LogP contribution in [0.15, 0.2) is 30.3 Å². The van der Waals surface area contributed by atoms with E-state index in [4.69, 9.17) is 9.47 Å². The Morgan fingerprint density at radius 3 is 2.50 bits per heavy atom. The van der Waals surface area contributed by atoms with E-state index in [1.54, 1.807) is 7.11 Å². The van der Waals surface area contributed by atoms with E-state index in [0.29, 0.717) is 13.2 Å². The quantitative estimate of drug-likeness (QED) is 0.848. The largest absolute Gasteiger partial charge is 0.444 e. The standard InChI is InChI=1S/C18H27NO3/c1-17(2,3)22-16(20)19-13-9-8-12-18(19,14-21-4)15-10-6-5-7-11-15/h5-7,10-11H,8-9,12-14H2,1-4H3/t18-/m1/s1. The first-order valence-electron chi connectivity index (χ1n) is 7.94. The van der Waals surface area contributed by atoms with Crippen LogP contribution < -0.4 is 0 Å². The Morgan fingerprint density at radius 1 is 1.23 bits per heavy atom. The number of nitrogens with zero attached hydrogens (tertiary/aromatic N) is 1. The molecule has 122 valence electrons. The number of hydrogen-bond donors (Lipinski definition) is 0. The van der Waals surface area contributed by atoms with Crippen LogP contribution in [0.4, 0.5) is 4.79 Å². The molecular formula is C18H27NO3. The summed E-state index contributed by atoms with van der Waals surface area (Å²) in [5.74, 6) is 0. The predicted molar refractivity (Wildman–Crippen MR) is 86.8 cm³/mol. The van der Waals surface area contributed by atoms with E-state index in [1.807, 2.05) is 43.9 Å². The zero-order valence-electron chi connectivity index (χ0n) is 14.1. The number of hydrogen-bond acceptors (Lipinski definition) is 3. The van der Waals surface area contributed by atoms with Gasteiger partial charge in [-0.15, -0.1) is 0 Å². The molecule has 0 unspecified atom stereocenters. The number of piperidine rings is 1. The third-order valence-electron chi connectivity index (χ3n) is 4.05. The molecule has 22 heavy (non-hydrogen) atoms. The number of benzene rings is 1. The van der Waals surface area contributed by atoms with Crippen LogP contribution in [-0.2, 0) is 15.0 Å². The molecule has 1 heterocycles. The molecule has 0 N–H and O–H groups in total. The molecule has 1 aliphatic heterocycles. The summed E-state index contributed by atoms with van der Waals surface area (Å²) in [4.78, 5) is 14.6. The number of carbonyl (C=O) groups excluding carboxylic acids is 1. The lowest BCUT2D eigenvalue weighted by atomic mass is 9.81. The average molecular weight is 305 g/mol. The summed E-state index contributed by atoms with van der Waals surface area (Å²) in [6.45, 7) is 6.88. The number of carbonyl (C=O) groups is 1. The predicted octanol–water partition coefficient (Wildman–Crippen LogP) is 3.95. The van der Waals surface area contributed by atoms with Gasteiger partial charge in [0, 0.05) is 13.7 Å². The highest BCUT2D eigenvalue weighted by molar-refractivity contribution is 5.70. The van der Waals surface area contributed by atoms with Gasteiger partial charge < -0.3 is 9.47 Å². The highest BCUT2D eigenvalue weighted by Crippen LogP contribution is 2.38. The van der Waals surface area contributed by atoms with Gasteiger partial charge in [0.15, 0.2) is 0 Å². The summed E-state index contributed by atoms with van der Waals surface area (Å²) in [5.41, 5.74) is 0.183. The van der Waals surface area contributed by atoms with Crippen LogP contribution >= 0.6 is 0 Å². The molecule has 0 spiro atoms. The Bertz CT molecular complexity index is 491. The minimum Gasteiger partial charge on any atom is -0.444 e. The van der Waals surface area contributed by atoms with E-state index in [2.05, 4.69) is 12.1 Å². The van der Waals surface area contributed by atoms with Crippen LogP contribution in [0.2, 0.25) is 0 Å². The van der Waals surface area contributed by atoms with Gasteiger partial charge in [-0.05, 0) is 45.6 Å². The summed E-state index contributed by atoms with van der Waals surface area (Å²) >= 11 is 0. The second-order valence-corrected chi connectivity index (χ2v) is 6.92. The average Bonchev–Trinajstić information content (AvgIpc) is 2.47. The van der Waals surface area contributed by atoms with Crippen molar-refractivity contribution < 1.29 is 14.3 Å². The lowest BCUT2D eigenvalue weighted by molar-refractivity contribution is -0.0438. The number of methoxy groups -OCH3 is 1. The number of ether oxygens (including phenoxy) is 2. The number of rotatable bonds is 3. The number of amides is 1. The van der Waals surface area contributed by atoms with Gasteiger partial charge in [-0.3, -0.25) is 4.90 Å². The van der Waals surface area contributed by atoms with Crippen molar-refractivity contribution in [1.82, 2.24) is 4.90 Å². The summed E-state index contributed by atoms with van der Waals surface area (Å²) in [5, 5.41) is 0. The van der Waals surface area contributed by atoms with Crippen LogP contribution in [0, 0.1) is 0 Å². The van der Waals surface area contributed by atoms with Crippen molar-refractivity contribution in [2.45, 2.75) is 51.2 Å². The molecule has 1 aromatic rings. The molecule has 1 aromatic carbocycles. The monoisotopic (exact) mass is 305 g/mol. The lowest BCUT2D eigenvalue weighted by Crippen LogP contribution is -2.56. The van der Waals surface area contributed by atoms with Gasteiger partial charge in [-0.25, -0.2) is 4.79 Å². The first-order valence-corrected chi connectivity index (χ1v) is 7.94. The van der Waals surface area contributed by atoms with Crippen molar-refractivity contribution in [2.75, 3.05) is 20.3 Å². The first kappa shape index (κ1) is 16.8. The normalized spacial score (nSPS) is 22.5. The van der Waals surface area contributed by atoms with E-state index in [0.717, 1.165) is 24.8 Å². The van der Waals surface area contributed by atoms with E-state index in [1.165, 1.54) is 0 Å². The fourth-order valence-electron chi connectivity index (χ4n) is 3.14. The molecule has 0 aliphatic carbocycles. The van der Waals surface area contributed by atoms with Crippen LogP contribution in [0.1, 0.15) is 45.6 Å². The van der Waals surface area contributed by atoms with Crippen LogP contribution in [-0.4, -0.2) is 36.9 Å². The molecule has 1 atom stereocenters. The molecule has 1 fully saturated rings. The van der Waals surface area contributed by atoms with Crippen molar-refractivity contribution in [2.24, 2.45) is 0 Å².